The molecule has 0 aliphatic rings. The molecule has 1 rings (SSSR count). The Bertz CT molecular complexity index is 357. The van der Waals surface area contributed by atoms with Crippen LogP contribution in [-0.2, 0) is 6.54 Å². The number of amides is 2. The van der Waals surface area contributed by atoms with Gasteiger partial charge in [-0.3, -0.25) is 4.68 Å². The molecule has 0 aliphatic heterocycles. The van der Waals surface area contributed by atoms with Crippen LogP contribution in [0.4, 0.5) is 4.79 Å². The normalized spacial score (nSPS) is 11.6. The molecule has 0 aliphatic carbocycles. The smallest absolute Gasteiger partial charge is 0.314 e. The Morgan fingerprint density at radius 2 is 2.11 bits per heavy atom. The highest BCUT2D eigenvalue weighted by molar-refractivity contribution is 5.73. The van der Waals surface area contributed by atoms with Crippen molar-refractivity contribution in [1.82, 2.24) is 20.4 Å². The van der Waals surface area contributed by atoms with Crippen LogP contribution in [0.3, 0.4) is 0 Å². The van der Waals surface area contributed by atoms with Crippen LogP contribution in [0, 0.1) is 11.3 Å². The Balaban J connectivity index is 2.18. The Labute approximate surface area is 109 Å². The number of carbonyl (C=O) groups excluding carboxylic acids is 1. The molecule has 0 bridgehead atoms. The van der Waals surface area contributed by atoms with Gasteiger partial charge >= 0.3 is 6.03 Å². The number of nitrogens with zero attached hydrogens (tertiary/aromatic N) is 2. The summed E-state index contributed by atoms with van der Waals surface area (Å²) in [4.78, 5) is 11.6. The second kappa shape index (κ2) is 6.42. The zero-order valence-electron chi connectivity index (χ0n) is 11.7. The third kappa shape index (κ3) is 4.77. The minimum atomic E-state index is -0.115. The highest BCUT2D eigenvalue weighted by Gasteiger charge is 2.22. The zero-order chi connectivity index (χ0) is 13.6. The molecule has 0 saturated heterocycles. The number of carbonyl (C=O) groups is 1. The number of hydrogen-bond acceptors (Lipinski definition) is 2. The standard InChI is InChI=1S/C13H24N4O/c1-11(2)13(3,4)10-15-12(18)14-7-9-17-8-5-6-16-17/h5-6,8,11H,7,9-10H2,1-4H3,(H2,14,15,18). The summed E-state index contributed by atoms with van der Waals surface area (Å²) in [7, 11) is 0. The lowest BCUT2D eigenvalue weighted by molar-refractivity contribution is 0.215. The summed E-state index contributed by atoms with van der Waals surface area (Å²) in [6, 6.07) is 1.75. The van der Waals surface area contributed by atoms with Gasteiger partial charge in [-0.25, -0.2) is 4.79 Å². The highest BCUT2D eigenvalue weighted by atomic mass is 16.2. The molecule has 0 spiro atoms. The first-order chi connectivity index (χ1) is 8.42. The molecule has 5 nitrogen and oxygen atoms in total. The minimum Gasteiger partial charge on any atom is -0.338 e. The van der Waals surface area contributed by atoms with Crippen molar-refractivity contribution in [3.63, 3.8) is 0 Å². The molecule has 0 fully saturated rings. The molecule has 18 heavy (non-hydrogen) atoms. The zero-order valence-corrected chi connectivity index (χ0v) is 11.7. The second-order valence-electron chi connectivity index (χ2n) is 5.52. The molecular formula is C13H24N4O. The summed E-state index contributed by atoms with van der Waals surface area (Å²) in [5.41, 5.74) is 0.110. The van der Waals surface area contributed by atoms with Gasteiger partial charge in [-0.15, -0.1) is 0 Å². The Morgan fingerprint density at radius 1 is 1.39 bits per heavy atom. The molecule has 0 atom stereocenters. The van der Waals surface area contributed by atoms with E-state index in [1.165, 1.54) is 0 Å². The summed E-state index contributed by atoms with van der Waals surface area (Å²) in [6.45, 7) is 10.6. The lowest BCUT2D eigenvalue weighted by Crippen LogP contribution is -2.43. The van der Waals surface area contributed by atoms with Gasteiger partial charge in [0.25, 0.3) is 0 Å². The van der Waals surface area contributed by atoms with E-state index in [0.717, 1.165) is 0 Å². The minimum absolute atomic E-state index is 0.110. The van der Waals surface area contributed by atoms with Crippen molar-refractivity contribution in [2.75, 3.05) is 13.1 Å². The topological polar surface area (TPSA) is 59.0 Å². The van der Waals surface area contributed by atoms with Gasteiger partial charge in [0.05, 0.1) is 6.54 Å². The van der Waals surface area contributed by atoms with Crippen LogP contribution in [0.15, 0.2) is 18.5 Å². The average molecular weight is 252 g/mol. The number of rotatable bonds is 6. The number of hydrogen-bond donors (Lipinski definition) is 2. The van der Waals surface area contributed by atoms with Crippen LogP contribution < -0.4 is 10.6 Å². The summed E-state index contributed by atoms with van der Waals surface area (Å²) in [5.74, 6) is 0.530. The first-order valence-electron chi connectivity index (χ1n) is 6.41. The van der Waals surface area contributed by atoms with Crippen LogP contribution in [0.2, 0.25) is 0 Å². The number of nitrogens with one attached hydrogen (secondary N) is 2. The van der Waals surface area contributed by atoms with Crippen molar-refractivity contribution in [3.05, 3.63) is 18.5 Å². The Morgan fingerprint density at radius 3 is 2.67 bits per heavy atom. The molecule has 2 amide bonds. The van der Waals surface area contributed by atoms with Gasteiger partial charge < -0.3 is 10.6 Å². The van der Waals surface area contributed by atoms with Crippen molar-refractivity contribution in [2.45, 2.75) is 34.2 Å². The first kappa shape index (κ1) is 14.5. The van der Waals surface area contributed by atoms with E-state index in [-0.39, 0.29) is 11.4 Å². The van der Waals surface area contributed by atoms with Gasteiger partial charge in [0.2, 0.25) is 0 Å². The van der Waals surface area contributed by atoms with E-state index < -0.39 is 0 Å². The van der Waals surface area contributed by atoms with Crippen molar-refractivity contribution in [2.24, 2.45) is 11.3 Å². The van der Waals surface area contributed by atoms with Gasteiger partial charge in [-0.1, -0.05) is 27.7 Å². The van der Waals surface area contributed by atoms with Gasteiger partial charge in [0.1, 0.15) is 0 Å². The summed E-state index contributed by atoms with van der Waals surface area (Å²) in [6.07, 6.45) is 3.60. The molecule has 5 heteroatoms. The molecular weight excluding hydrogens is 228 g/mol. The molecule has 0 aromatic carbocycles. The fourth-order valence-electron chi connectivity index (χ4n) is 1.29. The van der Waals surface area contributed by atoms with E-state index in [0.29, 0.717) is 25.6 Å². The van der Waals surface area contributed by atoms with Crippen molar-refractivity contribution >= 4 is 6.03 Å². The predicted octanol–water partition coefficient (Wildman–Crippen LogP) is 1.86. The molecule has 1 aromatic heterocycles. The lowest BCUT2D eigenvalue weighted by Gasteiger charge is -2.29. The van der Waals surface area contributed by atoms with E-state index in [2.05, 4.69) is 43.4 Å². The third-order valence-corrected chi connectivity index (χ3v) is 3.45. The van der Waals surface area contributed by atoms with Crippen LogP contribution >= 0.6 is 0 Å². The first-order valence-corrected chi connectivity index (χ1v) is 6.41. The predicted molar refractivity (Wildman–Crippen MR) is 72.2 cm³/mol. The maximum atomic E-state index is 11.6. The number of aromatic nitrogens is 2. The van der Waals surface area contributed by atoms with E-state index in [1.54, 1.807) is 10.9 Å². The van der Waals surface area contributed by atoms with Gasteiger partial charge in [-0.05, 0) is 17.4 Å². The fraction of sp³-hybridized carbons (Fsp3) is 0.692. The lowest BCUT2D eigenvalue weighted by atomic mass is 9.81. The molecule has 0 unspecified atom stereocenters. The van der Waals surface area contributed by atoms with Crippen molar-refractivity contribution < 1.29 is 4.79 Å². The summed E-state index contributed by atoms with van der Waals surface area (Å²) < 4.78 is 1.79. The van der Waals surface area contributed by atoms with Crippen molar-refractivity contribution in [3.8, 4) is 0 Å². The Kier molecular flexibility index (Phi) is 5.19. The van der Waals surface area contributed by atoms with Crippen LogP contribution in [-0.4, -0.2) is 28.9 Å². The van der Waals surface area contributed by atoms with Gasteiger partial charge in [0, 0.05) is 25.5 Å². The maximum Gasteiger partial charge on any atom is 0.314 e. The molecule has 0 saturated carbocycles. The Hall–Kier alpha value is -1.52. The van der Waals surface area contributed by atoms with Crippen molar-refractivity contribution in [1.29, 1.82) is 0 Å². The van der Waals surface area contributed by atoms with Gasteiger partial charge in [-0.2, -0.15) is 5.10 Å². The number of urea groups is 1. The molecule has 1 heterocycles. The maximum absolute atomic E-state index is 11.6. The SMILES string of the molecule is CC(C)C(C)(C)CNC(=O)NCCn1cccn1. The third-order valence-electron chi connectivity index (χ3n) is 3.45. The van der Waals surface area contributed by atoms with E-state index >= 15 is 0 Å². The monoisotopic (exact) mass is 252 g/mol. The highest BCUT2D eigenvalue weighted by Crippen LogP contribution is 2.24. The molecule has 0 radical (unpaired) electrons. The van der Waals surface area contributed by atoms with E-state index in [1.807, 2.05) is 12.3 Å². The second-order valence-corrected chi connectivity index (χ2v) is 5.52. The quantitative estimate of drug-likeness (QED) is 0.812. The molecule has 1 aromatic rings. The summed E-state index contributed by atoms with van der Waals surface area (Å²) in [5, 5.41) is 9.79. The van der Waals surface area contributed by atoms with Crippen LogP contribution in [0.5, 0.6) is 0 Å². The summed E-state index contributed by atoms with van der Waals surface area (Å²) >= 11 is 0. The molecule has 102 valence electrons. The van der Waals surface area contributed by atoms with Crippen LogP contribution in [0.1, 0.15) is 27.7 Å². The largest absolute Gasteiger partial charge is 0.338 e. The average Bonchev–Trinajstić information content (AvgIpc) is 2.79. The van der Waals surface area contributed by atoms with E-state index in [4.69, 9.17) is 0 Å². The van der Waals surface area contributed by atoms with Gasteiger partial charge in [0.15, 0.2) is 0 Å². The fourth-order valence-corrected chi connectivity index (χ4v) is 1.29. The van der Waals surface area contributed by atoms with Crippen LogP contribution in [0.25, 0.3) is 0 Å². The molecule has 2 N–H and O–H groups in total. The van der Waals surface area contributed by atoms with E-state index in [9.17, 15) is 4.79 Å².